The highest BCUT2D eigenvalue weighted by molar-refractivity contribution is 7.80. The van der Waals surface area contributed by atoms with Gasteiger partial charge in [-0.15, -0.1) is 0 Å². The first-order valence-electron chi connectivity index (χ1n) is 9.19. The molecule has 0 fully saturated rings. The minimum atomic E-state index is -0.326. The number of ether oxygens (including phenoxy) is 1. The second kappa shape index (κ2) is 10.4. The van der Waals surface area contributed by atoms with E-state index in [1.807, 2.05) is 32.0 Å². The average molecular weight is 400 g/mol. The highest BCUT2D eigenvalue weighted by Crippen LogP contribution is 2.23. The van der Waals surface area contributed by atoms with Crippen LogP contribution in [0.25, 0.3) is 0 Å². The van der Waals surface area contributed by atoms with Gasteiger partial charge >= 0.3 is 0 Å². The van der Waals surface area contributed by atoms with Crippen molar-refractivity contribution in [2.24, 2.45) is 0 Å². The quantitative estimate of drug-likeness (QED) is 0.606. The maximum Gasteiger partial charge on any atom is 0.257 e. The number of carbonyl (C=O) groups excluding carboxylic acids is 2. The lowest BCUT2D eigenvalue weighted by molar-refractivity contribution is -0.115. The lowest BCUT2D eigenvalue weighted by Gasteiger charge is -2.15. The predicted octanol–water partition coefficient (Wildman–Crippen LogP) is 4.26. The van der Waals surface area contributed by atoms with Gasteiger partial charge in [-0.2, -0.15) is 0 Å². The molecule has 0 aliphatic heterocycles. The molecule has 0 saturated heterocycles. The summed E-state index contributed by atoms with van der Waals surface area (Å²) in [6.07, 6.45) is 1.29. The van der Waals surface area contributed by atoms with Gasteiger partial charge in [0, 0.05) is 23.4 Å². The van der Waals surface area contributed by atoms with Crippen molar-refractivity contribution in [1.29, 1.82) is 0 Å². The van der Waals surface area contributed by atoms with Gasteiger partial charge in [-0.05, 0) is 61.5 Å². The number of rotatable bonds is 7. The standard InChI is InChI=1S/C21H25N3O3S/c1-4-12-27-16-9-6-8-15(13-16)20(26)24-21(28)23-18-11-7-10-17(14(18)3)22-19(25)5-2/h6-11,13H,4-5,12H2,1-3H3,(H,22,25)(H2,23,24,26,28). The van der Waals surface area contributed by atoms with Crippen LogP contribution >= 0.6 is 12.2 Å². The van der Waals surface area contributed by atoms with Crippen molar-refractivity contribution >= 4 is 40.5 Å². The molecule has 2 aromatic rings. The molecule has 0 unspecified atom stereocenters. The van der Waals surface area contributed by atoms with Crippen molar-refractivity contribution < 1.29 is 14.3 Å². The molecule has 6 nitrogen and oxygen atoms in total. The summed E-state index contributed by atoms with van der Waals surface area (Å²) in [5.41, 5.74) is 2.69. The lowest BCUT2D eigenvalue weighted by Crippen LogP contribution is -2.34. The predicted molar refractivity (Wildman–Crippen MR) is 116 cm³/mol. The monoisotopic (exact) mass is 399 g/mol. The van der Waals surface area contributed by atoms with Gasteiger partial charge in [0.2, 0.25) is 5.91 Å². The molecule has 2 rings (SSSR count). The van der Waals surface area contributed by atoms with E-state index in [2.05, 4.69) is 16.0 Å². The third-order valence-electron chi connectivity index (χ3n) is 3.97. The van der Waals surface area contributed by atoms with Crippen LogP contribution in [0, 0.1) is 6.92 Å². The van der Waals surface area contributed by atoms with Crippen molar-refractivity contribution in [1.82, 2.24) is 5.32 Å². The summed E-state index contributed by atoms with van der Waals surface area (Å²) in [6.45, 7) is 6.27. The summed E-state index contributed by atoms with van der Waals surface area (Å²) in [5.74, 6) is 0.248. The highest BCUT2D eigenvalue weighted by Gasteiger charge is 2.11. The number of hydrogen-bond acceptors (Lipinski definition) is 4. The lowest BCUT2D eigenvalue weighted by atomic mass is 10.1. The van der Waals surface area contributed by atoms with Crippen LogP contribution in [0.1, 0.15) is 42.6 Å². The summed E-state index contributed by atoms with van der Waals surface area (Å²) < 4.78 is 5.55. The Morgan fingerprint density at radius 2 is 1.71 bits per heavy atom. The van der Waals surface area contributed by atoms with E-state index in [-0.39, 0.29) is 16.9 Å². The van der Waals surface area contributed by atoms with Gasteiger partial charge in [-0.1, -0.05) is 26.0 Å². The van der Waals surface area contributed by atoms with Crippen LogP contribution in [0.5, 0.6) is 5.75 Å². The third kappa shape index (κ3) is 6.06. The molecule has 0 atom stereocenters. The number of nitrogens with one attached hydrogen (secondary N) is 3. The van der Waals surface area contributed by atoms with Crippen molar-refractivity contribution in [3.63, 3.8) is 0 Å². The van der Waals surface area contributed by atoms with Gasteiger partial charge < -0.3 is 15.4 Å². The van der Waals surface area contributed by atoms with Gasteiger partial charge in [0.05, 0.1) is 6.61 Å². The maximum atomic E-state index is 12.5. The summed E-state index contributed by atoms with van der Waals surface area (Å²) in [6, 6.07) is 12.4. The average Bonchev–Trinajstić information content (AvgIpc) is 2.69. The first-order valence-corrected chi connectivity index (χ1v) is 9.60. The molecule has 0 aliphatic rings. The van der Waals surface area contributed by atoms with Crippen molar-refractivity contribution in [2.75, 3.05) is 17.2 Å². The van der Waals surface area contributed by atoms with Gasteiger partial charge in [0.15, 0.2) is 5.11 Å². The highest BCUT2D eigenvalue weighted by atomic mass is 32.1. The van der Waals surface area contributed by atoms with Crippen molar-refractivity contribution in [3.05, 3.63) is 53.6 Å². The van der Waals surface area contributed by atoms with Crippen LogP contribution in [0.15, 0.2) is 42.5 Å². The Bertz CT molecular complexity index is 868. The number of carbonyl (C=O) groups is 2. The fourth-order valence-electron chi connectivity index (χ4n) is 2.42. The Balaban J connectivity index is 2.03. The van der Waals surface area contributed by atoms with Crippen LogP contribution in [-0.2, 0) is 4.79 Å². The van der Waals surface area contributed by atoms with E-state index < -0.39 is 0 Å². The van der Waals surface area contributed by atoms with Crippen molar-refractivity contribution in [3.8, 4) is 5.75 Å². The molecule has 0 radical (unpaired) electrons. The molecule has 28 heavy (non-hydrogen) atoms. The minimum Gasteiger partial charge on any atom is -0.494 e. The number of anilines is 2. The van der Waals surface area contributed by atoms with E-state index in [0.29, 0.717) is 35.7 Å². The molecular formula is C21H25N3O3S. The molecule has 0 bridgehead atoms. The second-order valence-electron chi connectivity index (χ2n) is 6.16. The zero-order valence-electron chi connectivity index (χ0n) is 16.3. The van der Waals surface area contributed by atoms with Crippen molar-refractivity contribution in [2.45, 2.75) is 33.6 Å². The van der Waals surface area contributed by atoms with Gasteiger partial charge in [0.1, 0.15) is 5.75 Å². The minimum absolute atomic E-state index is 0.0682. The normalized spacial score (nSPS) is 10.1. The topological polar surface area (TPSA) is 79.5 Å². The Kier molecular flexibility index (Phi) is 7.95. The smallest absolute Gasteiger partial charge is 0.257 e. The van der Waals surface area contributed by atoms with E-state index in [4.69, 9.17) is 17.0 Å². The molecule has 148 valence electrons. The Morgan fingerprint density at radius 1 is 1.04 bits per heavy atom. The first-order chi connectivity index (χ1) is 13.4. The SMILES string of the molecule is CCCOc1cccc(C(=O)NC(=S)Nc2cccc(NC(=O)CC)c2C)c1. The number of hydrogen-bond donors (Lipinski definition) is 3. The molecule has 0 aromatic heterocycles. The van der Waals surface area contributed by atoms with E-state index >= 15 is 0 Å². The van der Waals surface area contributed by atoms with E-state index in [1.165, 1.54) is 0 Å². The number of amides is 2. The van der Waals surface area contributed by atoms with Crippen LogP contribution < -0.4 is 20.7 Å². The Hall–Kier alpha value is -2.93. The fourth-order valence-corrected chi connectivity index (χ4v) is 2.62. The van der Waals surface area contributed by atoms with Gasteiger partial charge in [0.25, 0.3) is 5.91 Å². The van der Waals surface area contributed by atoms with Crippen LogP contribution in [0.3, 0.4) is 0 Å². The summed E-state index contributed by atoms with van der Waals surface area (Å²) in [5, 5.41) is 8.69. The molecule has 0 saturated carbocycles. The van der Waals surface area contributed by atoms with Crippen LogP contribution in [-0.4, -0.2) is 23.5 Å². The summed E-state index contributed by atoms with van der Waals surface area (Å²) in [4.78, 5) is 24.1. The van der Waals surface area contributed by atoms with E-state index in [0.717, 1.165) is 12.0 Å². The zero-order chi connectivity index (χ0) is 20.5. The van der Waals surface area contributed by atoms with Crippen LogP contribution in [0.2, 0.25) is 0 Å². The molecule has 0 spiro atoms. The molecule has 3 N–H and O–H groups in total. The summed E-state index contributed by atoms with van der Waals surface area (Å²) >= 11 is 5.27. The van der Waals surface area contributed by atoms with E-state index in [1.54, 1.807) is 31.2 Å². The maximum absolute atomic E-state index is 12.5. The molecule has 0 aliphatic carbocycles. The summed E-state index contributed by atoms with van der Waals surface area (Å²) in [7, 11) is 0. The third-order valence-corrected chi connectivity index (χ3v) is 4.18. The first kappa shape index (κ1) is 21.4. The van der Waals surface area contributed by atoms with Gasteiger partial charge in [-0.25, -0.2) is 0 Å². The molecular weight excluding hydrogens is 374 g/mol. The Labute approximate surface area is 170 Å². The zero-order valence-corrected chi connectivity index (χ0v) is 17.1. The Morgan fingerprint density at radius 3 is 2.39 bits per heavy atom. The molecule has 2 amide bonds. The molecule has 7 heteroatoms. The molecule has 0 heterocycles. The second-order valence-corrected chi connectivity index (χ2v) is 6.57. The number of thiocarbonyl (C=S) groups is 1. The molecule has 2 aromatic carbocycles. The largest absolute Gasteiger partial charge is 0.494 e. The van der Waals surface area contributed by atoms with Gasteiger partial charge in [-0.3, -0.25) is 14.9 Å². The number of benzene rings is 2. The van der Waals surface area contributed by atoms with Crippen LogP contribution in [0.4, 0.5) is 11.4 Å². The van der Waals surface area contributed by atoms with E-state index in [9.17, 15) is 9.59 Å². The fraction of sp³-hybridized carbons (Fsp3) is 0.286.